The lowest BCUT2D eigenvalue weighted by molar-refractivity contribution is 0.272. The highest BCUT2D eigenvalue weighted by atomic mass is 19.1. The summed E-state index contributed by atoms with van der Waals surface area (Å²) in [6, 6.07) is -0.747. The van der Waals surface area contributed by atoms with Gasteiger partial charge < -0.3 is 0 Å². The molecule has 1 heterocycles. The molecule has 0 aliphatic rings. The second-order valence-electron chi connectivity index (χ2n) is 2.46. The fourth-order valence-electron chi connectivity index (χ4n) is 0.815. The molecule has 0 aliphatic heterocycles. The lowest BCUT2D eigenvalue weighted by Crippen LogP contribution is -2.13. The molecular weight excluding hydrogens is 150 g/mol. The number of aromatic nitrogens is 2. The third kappa shape index (κ3) is 1.76. The van der Waals surface area contributed by atoms with Gasteiger partial charge in [0.25, 0.3) is 0 Å². The van der Waals surface area contributed by atoms with Crippen molar-refractivity contribution >= 4 is 0 Å². The minimum atomic E-state index is -0.747. The summed E-state index contributed by atoms with van der Waals surface area (Å²) in [7, 11) is 0. The normalized spacial score (nSPS) is 10.9. The molecule has 0 atom stereocenters. The van der Waals surface area contributed by atoms with E-state index in [1.54, 1.807) is 12.4 Å². The Labute approximate surface area is 63.8 Å². The highest BCUT2D eigenvalue weighted by Gasteiger charge is 2.09. The van der Waals surface area contributed by atoms with Crippen LogP contribution in [-0.2, 0) is 0 Å². The van der Waals surface area contributed by atoms with Crippen LogP contribution in [-0.4, -0.2) is 23.1 Å². The predicted octanol–water partition coefficient (Wildman–Crippen LogP) is 1.67. The molecule has 0 saturated carbocycles. The quantitative estimate of drug-likeness (QED) is 0.657. The summed E-state index contributed by atoms with van der Waals surface area (Å²) >= 11 is 0. The van der Waals surface area contributed by atoms with Crippen molar-refractivity contribution in [1.29, 1.82) is 0 Å². The van der Waals surface area contributed by atoms with E-state index in [4.69, 9.17) is 0 Å². The third-order valence-electron chi connectivity index (χ3n) is 1.46. The first-order valence-corrected chi connectivity index (χ1v) is 3.40. The van der Waals surface area contributed by atoms with Crippen LogP contribution in [0.15, 0.2) is 12.4 Å². The van der Waals surface area contributed by atoms with Crippen LogP contribution in [0.25, 0.3) is 0 Å². The van der Waals surface area contributed by atoms with Crippen LogP contribution in [0.4, 0.5) is 8.78 Å². The second kappa shape index (κ2) is 3.46. The van der Waals surface area contributed by atoms with E-state index in [0.29, 0.717) is 0 Å². The SMILES string of the molecule is Cc1cnn(C(CF)CF)c1. The van der Waals surface area contributed by atoms with E-state index in [2.05, 4.69) is 5.10 Å². The van der Waals surface area contributed by atoms with E-state index in [-0.39, 0.29) is 0 Å². The van der Waals surface area contributed by atoms with Crippen LogP contribution < -0.4 is 0 Å². The van der Waals surface area contributed by atoms with Gasteiger partial charge in [0.05, 0.1) is 6.20 Å². The molecule has 2 nitrogen and oxygen atoms in total. The molecule has 62 valence electrons. The number of nitrogens with zero attached hydrogens (tertiary/aromatic N) is 2. The zero-order valence-corrected chi connectivity index (χ0v) is 6.30. The van der Waals surface area contributed by atoms with Gasteiger partial charge in [-0.05, 0) is 12.5 Å². The summed E-state index contributed by atoms with van der Waals surface area (Å²) in [6.45, 7) is 0.409. The summed E-state index contributed by atoms with van der Waals surface area (Å²) in [5.41, 5.74) is 0.914. The maximum atomic E-state index is 12.1. The van der Waals surface area contributed by atoms with Gasteiger partial charge in [0.15, 0.2) is 0 Å². The standard InChI is InChI=1S/C7H10F2N2/c1-6-4-10-11(5-6)7(2-8)3-9/h4-5,7H,2-3H2,1H3. The van der Waals surface area contributed by atoms with E-state index < -0.39 is 19.4 Å². The van der Waals surface area contributed by atoms with Crippen molar-refractivity contribution in [3.8, 4) is 0 Å². The average molecular weight is 160 g/mol. The Morgan fingerprint density at radius 1 is 1.55 bits per heavy atom. The minimum absolute atomic E-state index is 0.711. The summed E-state index contributed by atoms with van der Waals surface area (Å²) in [4.78, 5) is 0. The lowest BCUT2D eigenvalue weighted by atomic mass is 10.3. The van der Waals surface area contributed by atoms with Crippen LogP contribution in [0, 0.1) is 6.92 Å². The molecular formula is C7H10F2N2. The number of alkyl halides is 2. The fourth-order valence-corrected chi connectivity index (χ4v) is 0.815. The Hall–Kier alpha value is -0.930. The highest BCUT2D eigenvalue weighted by molar-refractivity contribution is 5.00. The maximum absolute atomic E-state index is 12.1. The predicted molar refractivity (Wildman–Crippen MR) is 38.0 cm³/mol. The third-order valence-corrected chi connectivity index (χ3v) is 1.46. The Bertz CT molecular complexity index is 218. The van der Waals surface area contributed by atoms with Gasteiger partial charge in [0, 0.05) is 6.20 Å². The van der Waals surface area contributed by atoms with E-state index in [1.165, 1.54) is 4.68 Å². The first-order valence-electron chi connectivity index (χ1n) is 3.40. The van der Waals surface area contributed by atoms with Crippen LogP contribution >= 0.6 is 0 Å². The minimum Gasteiger partial charge on any atom is -0.264 e. The van der Waals surface area contributed by atoms with E-state index in [1.807, 2.05) is 6.92 Å². The highest BCUT2D eigenvalue weighted by Crippen LogP contribution is 2.07. The largest absolute Gasteiger partial charge is 0.264 e. The first kappa shape index (κ1) is 8.17. The molecule has 0 spiro atoms. The maximum Gasteiger partial charge on any atom is 0.114 e. The van der Waals surface area contributed by atoms with Crippen molar-refractivity contribution < 1.29 is 8.78 Å². The molecule has 0 unspecified atom stereocenters. The number of hydrogen-bond acceptors (Lipinski definition) is 1. The van der Waals surface area contributed by atoms with Gasteiger partial charge in [-0.1, -0.05) is 0 Å². The van der Waals surface area contributed by atoms with E-state index in [9.17, 15) is 8.78 Å². The van der Waals surface area contributed by atoms with Crippen LogP contribution in [0.1, 0.15) is 11.6 Å². The zero-order valence-electron chi connectivity index (χ0n) is 6.30. The van der Waals surface area contributed by atoms with Gasteiger partial charge in [0.1, 0.15) is 19.4 Å². The Morgan fingerprint density at radius 2 is 2.18 bits per heavy atom. The van der Waals surface area contributed by atoms with Crippen LogP contribution in [0.2, 0.25) is 0 Å². The zero-order chi connectivity index (χ0) is 8.27. The topological polar surface area (TPSA) is 17.8 Å². The number of hydrogen-bond donors (Lipinski definition) is 0. The van der Waals surface area contributed by atoms with Crippen molar-refractivity contribution in [3.63, 3.8) is 0 Å². The van der Waals surface area contributed by atoms with Crippen LogP contribution in [0.3, 0.4) is 0 Å². The van der Waals surface area contributed by atoms with Gasteiger partial charge in [0.2, 0.25) is 0 Å². The molecule has 0 saturated heterocycles. The molecule has 0 N–H and O–H groups in total. The van der Waals surface area contributed by atoms with E-state index >= 15 is 0 Å². The molecule has 0 bridgehead atoms. The van der Waals surface area contributed by atoms with Crippen molar-refractivity contribution in [2.75, 3.05) is 13.3 Å². The molecule has 0 aliphatic carbocycles. The lowest BCUT2D eigenvalue weighted by Gasteiger charge is -2.07. The molecule has 0 amide bonds. The van der Waals surface area contributed by atoms with Crippen LogP contribution in [0.5, 0.6) is 0 Å². The van der Waals surface area contributed by atoms with Gasteiger partial charge in [-0.2, -0.15) is 5.10 Å². The average Bonchev–Trinajstić information content (AvgIpc) is 2.39. The summed E-state index contributed by atoms with van der Waals surface area (Å²) in [6.07, 6.45) is 3.21. The van der Waals surface area contributed by atoms with Gasteiger partial charge >= 0.3 is 0 Å². The Morgan fingerprint density at radius 3 is 2.55 bits per heavy atom. The molecule has 4 heteroatoms. The molecule has 1 aromatic rings. The second-order valence-corrected chi connectivity index (χ2v) is 2.46. The van der Waals surface area contributed by atoms with Gasteiger partial charge in [-0.3, -0.25) is 4.68 Å². The first-order chi connectivity index (χ1) is 5.27. The number of aryl methyl sites for hydroxylation is 1. The monoisotopic (exact) mass is 160 g/mol. The smallest absolute Gasteiger partial charge is 0.114 e. The summed E-state index contributed by atoms with van der Waals surface area (Å²) in [5.74, 6) is 0. The Balaban J connectivity index is 2.73. The Kier molecular flexibility index (Phi) is 2.57. The molecule has 0 fully saturated rings. The molecule has 1 aromatic heterocycles. The van der Waals surface area contributed by atoms with Gasteiger partial charge in [-0.25, -0.2) is 8.78 Å². The molecule has 1 rings (SSSR count). The van der Waals surface area contributed by atoms with Crippen molar-refractivity contribution in [1.82, 2.24) is 9.78 Å². The van der Waals surface area contributed by atoms with Gasteiger partial charge in [-0.15, -0.1) is 0 Å². The number of halogens is 2. The van der Waals surface area contributed by atoms with Crippen molar-refractivity contribution in [3.05, 3.63) is 18.0 Å². The summed E-state index contributed by atoms with van der Waals surface area (Å²) in [5, 5.41) is 3.79. The fraction of sp³-hybridized carbons (Fsp3) is 0.571. The molecule has 0 radical (unpaired) electrons. The summed E-state index contributed by atoms with van der Waals surface area (Å²) < 4.78 is 25.4. The van der Waals surface area contributed by atoms with Crippen molar-refractivity contribution in [2.45, 2.75) is 13.0 Å². The molecule has 11 heavy (non-hydrogen) atoms. The number of rotatable bonds is 3. The molecule has 0 aromatic carbocycles. The van der Waals surface area contributed by atoms with Crippen molar-refractivity contribution in [2.24, 2.45) is 0 Å². The van der Waals surface area contributed by atoms with E-state index in [0.717, 1.165) is 5.56 Å².